The van der Waals surface area contributed by atoms with E-state index < -0.39 is 0 Å². The predicted octanol–water partition coefficient (Wildman–Crippen LogP) is 3.68. The lowest BCUT2D eigenvalue weighted by Gasteiger charge is -2.25. The smallest absolute Gasteiger partial charge is 0.226 e. The first kappa shape index (κ1) is 21.8. The molecule has 10 heteroatoms. The molecule has 1 N–H and O–H groups in total. The molecule has 2 aromatic carbocycles. The second kappa shape index (κ2) is 8.81. The Hall–Kier alpha value is -4.73. The molecule has 180 valence electrons. The van der Waals surface area contributed by atoms with Crippen molar-refractivity contribution < 1.29 is 14.3 Å². The number of fused-ring (bicyclic) bond motifs is 2. The van der Waals surface area contributed by atoms with Crippen molar-refractivity contribution in [3.8, 4) is 17.3 Å². The highest BCUT2D eigenvalue weighted by atomic mass is 16.5. The normalized spacial score (nSPS) is 14.9. The molecule has 1 atom stereocenters. The summed E-state index contributed by atoms with van der Waals surface area (Å²) in [5, 5.41) is 20.1. The number of aromatic nitrogens is 6. The minimum Gasteiger partial charge on any atom is -0.493 e. The van der Waals surface area contributed by atoms with E-state index in [-0.39, 0.29) is 11.8 Å². The van der Waals surface area contributed by atoms with E-state index >= 15 is 0 Å². The fourth-order valence-corrected chi connectivity index (χ4v) is 4.58. The van der Waals surface area contributed by atoms with Crippen LogP contribution in [-0.4, -0.2) is 42.6 Å². The number of nitrogens with zero attached hydrogens (tertiary/aromatic N) is 6. The number of nitrogens with one attached hydrogen (secondary N) is 1. The summed E-state index contributed by atoms with van der Waals surface area (Å²) in [6.07, 6.45) is 1.82. The van der Waals surface area contributed by atoms with Crippen LogP contribution in [0.5, 0.6) is 11.5 Å². The molecule has 0 bridgehead atoms. The maximum atomic E-state index is 12.8. The van der Waals surface area contributed by atoms with Crippen LogP contribution in [-0.2, 0) is 11.4 Å². The van der Waals surface area contributed by atoms with Crippen molar-refractivity contribution in [2.24, 2.45) is 0 Å². The first-order valence-electron chi connectivity index (χ1n) is 11.5. The van der Waals surface area contributed by atoms with Gasteiger partial charge in [0.15, 0.2) is 23.0 Å². The van der Waals surface area contributed by atoms with E-state index in [9.17, 15) is 4.79 Å². The minimum absolute atomic E-state index is 0.0950. The van der Waals surface area contributed by atoms with Gasteiger partial charge in [0.2, 0.25) is 5.91 Å². The van der Waals surface area contributed by atoms with Crippen molar-refractivity contribution in [1.82, 2.24) is 29.6 Å². The van der Waals surface area contributed by atoms with E-state index in [4.69, 9.17) is 14.6 Å². The number of anilines is 1. The molecule has 1 aliphatic heterocycles. The molecule has 10 nitrogen and oxygen atoms in total. The lowest BCUT2D eigenvalue weighted by atomic mass is 9.85. The first-order chi connectivity index (χ1) is 17.6. The fraction of sp³-hybridized carbons (Fsp3) is 0.192. The topological polar surface area (TPSA) is 108 Å². The number of hydrogen-bond acceptors (Lipinski definition) is 7. The highest BCUT2D eigenvalue weighted by Gasteiger charge is 2.33. The van der Waals surface area contributed by atoms with Gasteiger partial charge in [-0.3, -0.25) is 4.79 Å². The molecule has 0 radical (unpaired) electrons. The zero-order chi connectivity index (χ0) is 24.6. The van der Waals surface area contributed by atoms with Gasteiger partial charge in [-0.2, -0.15) is 14.3 Å². The van der Waals surface area contributed by atoms with Gasteiger partial charge >= 0.3 is 0 Å². The molecule has 6 rings (SSSR count). The van der Waals surface area contributed by atoms with Crippen molar-refractivity contribution in [2.75, 3.05) is 12.4 Å². The molecular formula is C26H23N7O3. The minimum atomic E-state index is -0.196. The molecule has 1 aliphatic rings. The van der Waals surface area contributed by atoms with Gasteiger partial charge in [0.1, 0.15) is 18.8 Å². The maximum Gasteiger partial charge on any atom is 0.226 e. The summed E-state index contributed by atoms with van der Waals surface area (Å²) in [7, 11) is 1.61. The third-order valence-electron chi connectivity index (χ3n) is 6.29. The van der Waals surface area contributed by atoms with Crippen LogP contribution in [0.1, 0.15) is 34.7 Å². The summed E-state index contributed by atoms with van der Waals surface area (Å²) in [5.41, 5.74) is 4.39. The van der Waals surface area contributed by atoms with E-state index in [1.54, 1.807) is 28.4 Å². The molecule has 0 saturated heterocycles. The van der Waals surface area contributed by atoms with Gasteiger partial charge in [0.05, 0.1) is 12.8 Å². The largest absolute Gasteiger partial charge is 0.493 e. The van der Waals surface area contributed by atoms with Crippen LogP contribution in [0, 0.1) is 6.92 Å². The molecule has 5 aromatic rings. The average molecular weight is 482 g/mol. The van der Waals surface area contributed by atoms with Gasteiger partial charge < -0.3 is 14.8 Å². The summed E-state index contributed by atoms with van der Waals surface area (Å²) in [5.74, 6) is 2.12. The summed E-state index contributed by atoms with van der Waals surface area (Å²) >= 11 is 0. The standard InChI is InChI=1S/C26H23N7O3/c1-16-25-19(18-8-9-20(21(12-18)35-2)36-14-17-6-4-3-5-7-17)13-24(34)28-26(25)33(30-16)23-11-10-22-29-27-15-32(22)31-23/h3-12,15,19H,13-14H2,1-2H3,(H,28,34)/t19-/m0/s1. The molecule has 0 unspecified atom stereocenters. The van der Waals surface area contributed by atoms with E-state index in [2.05, 4.69) is 20.6 Å². The van der Waals surface area contributed by atoms with Gasteiger partial charge in [0.25, 0.3) is 0 Å². The van der Waals surface area contributed by atoms with Gasteiger partial charge in [-0.05, 0) is 42.3 Å². The third kappa shape index (κ3) is 3.82. The number of benzene rings is 2. The highest BCUT2D eigenvalue weighted by molar-refractivity contribution is 5.95. The van der Waals surface area contributed by atoms with Crippen LogP contribution in [0.25, 0.3) is 11.5 Å². The van der Waals surface area contributed by atoms with Gasteiger partial charge in [0, 0.05) is 17.9 Å². The molecule has 0 aliphatic carbocycles. The Morgan fingerprint density at radius 3 is 2.75 bits per heavy atom. The Balaban J connectivity index is 1.35. The number of amides is 1. The zero-order valence-electron chi connectivity index (χ0n) is 19.8. The maximum absolute atomic E-state index is 12.8. The van der Waals surface area contributed by atoms with Crippen LogP contribution in [0.3, 0.4) is 0 Å². The average Bonchev–Trinajstić information content (AvgIpc) is 3.51. The number of rotatable bonds is 6. The van der Waals surface area contributed by atoms with E-state index in [0.717, 1.165) is 22.4 Å². The van der Waals surface area contributed by atoms with E-state index in [0.29, 0.717) is 41.8 Å². The SMILES string of the molecule is COc1cc([C@@H]2CC(=O)Nc3c2c(C)nn3-c2ccc3nncn3n2)ccc1OCc1ccccc1. The molecule has 0 spiro atoms. The number of carbonyl (C=O) groups excluding carboxylic acids is 1. The highest BCUT2D eigenvalue weighted by Crippen LogP contribution is 2.42. The number of ether oxygens (including phenoxy) is 2. The Morgan fingerprint density at radius 2 is 1.92 bits per heavy atom. The van der Waals surface area contributed by atoms with Crippen molar-refractivity contribution in [1.29, 1.82) is 0 Å². The summed E-state index contributed by atoms with van der Waals surface area (Å²) in [4.78, 5) is 12.8. The van der Waals surface area contributed by atoms with Gasteiger partial charge in [-0.1, -0.05) is 36.4 Å². The molecule has 4 heterocycles. The van der Waals surface area contributed by atoms with Crippen molar-refractivity contribution in [3.63, 3.8) is 0 Å². The van der Waals surface area contributed by atoms with Gasteiger partial charge in [-0.15, -0.1) is 15.3 Å². The van der Waals surface area contributed by atoms with Crippen molar-refractivity contribution >= 4 is 17.4 Å². The van der Waals surface area contributed by atoms with Crippen molar-refractivity contribution in [3.05, 3.63) is 89.4 Å². The lowest BCUT2D eigenvalue weighted by Crippen LogP contribution is -2.25. The second-order valence-electron chi connectivity index (χ2n) is 8.57. The summed E-state index contributed by atoms with van der Waals surface area (Å²) < 4.78 is 14.9. The predicted molar refractivity (Wildman–Crippen MR) is 131 cm³/mol. The Kier molecular flexibility index (Phi) is 5.33. The van der Waals surface area contributed by atoms with Crippen LogP contribution in [0.2, 0.25) is 0 Å². The molecule has 1 amide bonds. The molecular weight excluding hydrogens is 458 g/mol. The third-order valence-corrected chi connectivity index (χ3v) is 6.29. The second-order valence-corrected chi connectivity index (χ2v) is 8.57. The molecule has 0 saturated carbocycles. The first-order valence-corrected chi connectivity index (χ1v) is 11.5. The van der Waals surface area contributed by atoms with Crippen LogP contribution >= 0.6 is 0 Å². The molecule has 36 heavy (non-hydrogen) atoms. The number of aryl methyl sites for hydroxylation is 1. The van der Waals surface area contributed by atoms with Crippen LogP contribution < -0.4 is 14.8 Å². The lowest BCUT2D eigenvalue weighted by molar-refractivity contribution is -0.116. The number of hydrogen-bond donors (Lipinski definition) is 1. The number of carbonyl (C=O) groups is 1. The van der Waals surface area contributed by atoms with E-state index in [1.165, 1.54) is 6.33 Å². The van der Waals surface area contributed by atoms with Crippen molar-refractivity contribution in [2.45, 2.75) is 25.9 Å². The Labute approximate surface area is 206 Å². The molecule has 0 fully saturated rings. The van der Waals surface area contributed by atoms with E-state index in [1.807, 2.05) is 55.5 Å². The zero-order valence-corrected chi connectivity index (χ0v) is 19.8. The van der Waals surface area contributed by atoms with Crippen LogP contribution in [0.4, 0.5) is 5.82 Å². The van der Waals surface area contributed by atoms with Crippen LogP contribution in [0.15, 0.2) is 67.0 Å². The van der Waals surface area contributed by atoms with Gasteiger partial charge in [-0.25, -0.2) is 0 Å². The molecule has 3 aromatic heterocycles. The summed E-state index contributed by atoms with van der Waals surface area (Å²) in [6, 6.07) is 19.4. The summed E-state index contributed by atoms with van der Waals surface area (Å²) in [6.45, 7) is 2.37. The Bertz CT molecular complexity index is 1580. The monoisotopic (exact) mass is 481 g/mol. The quantitative estimate of drug-likeness (QED) is 0.394. The number of methoxy groups -OCH3 is 1. The fourth-order valence-electron chi connectivity index (χ4n) is 4.58. The Morgan fingerprint density at radius 1 is 1.06 bits per heavy atom.